The van der Waals surface area contributed by atoms with Crippen LogP contribution in [0.4, 0.5) is 5.82 Å². The number of rotatable bonds is 3. The maximum absolute atomic E-state index is 11.7. The van der Waals surface area contributed by atoms with Crippen molar-refractivity contribution >= 4 is 17.6 Å². The lowest BCUT2D eigenvalue weighted by atomic mass is 10.3. The summed E-state index contributed by atoms with van der Waals surface area (Å²) in [5, 5.41) is 2.48. The fraction of sp³-hybridized carbons (Fsp3) is 0.417. The number of carbonyl (C=O) groups is 2. The van der Waals surface area contributed by atoms with Crippen molar-refractivity contribution in [1.82, 2.24) is 9.88 Å². The zero-order valence-corrected chi connectivity index (χ0v) is 10.4. The molecular formula is C12H17N3O2. The number of aromatic nitrogens is 1. The summed E-state index contributed by atoms with van der Waals surface area (Å²) < 4.78 is 0. The molecule has 0 spiro atoms. The second-order valence-electron chi connectivity index (χ2n) is 3.65. The van der Waals surface area contributed by atoms with E-state index in [1.165, 1.54) is 4.90 Å². The second-order valence-corrected chi connectivity index (χ2v) is 3.65. The molecule has 5 nitrogen and oxygen atoms in total. The molecule has 0 saturated carbocycles. The van der Waals surface area contributed by atoms with Gasteiger partial charge in [0.2, 0.25) is 0 Å². The van der Waals surface area contributed by atoms with Crippen molar-refractivity contribution in [2.45, 2.75) is 20.8 Å². The summed E-state index contributed by atoms with van der Waals surface area (Å²) in [5.74, 6) is -0.788. The Morgan fingerprint density at radius 3 is 2.41 bits per heavy atom. The summed E-state index contributed by atoms with van der Waals surface area (Å²) in [7, 11) is 0. The number of nitrogens with one attached hydrogen (secondary N) is 1. The van der Waals surface area contributed by atoms with Crippen LogP contribution in [0.5, 0.6) is 0 Å². The molecule has 0 unspecified atom stereocenters. The Kier molecular flexibility index (Phi) is 4.63. The largest absolute Gasteiger partial charge is 0.335 e. The SMILES string of the molecule is CCN(CC)C(=O)C(=O)Nc1ccc(C)cn1. The predicted molar refractivity (Wildman–Crippen MR) is 65.5 cm³/mol. The lowest BCUT2D eigenvalue weighted by molar-refractivity contribution is -0.142. The molecular weight excluding hydrogens is 218 g/mol. The Hall–Kier alpha value is -1.91. The number of pyridine rings is 1. The van der Waals surface area contributed by atoms with E-state index in [9.17, 15) is 9.59 Å². The Morgan fingerprint density at radius 2 is 1.94 bits per heavy atom. The van der Waals surface area contributed by atoms with Crippen LogP contribution in [0.25, 0.3) is 0 Å². The van der Waals surface area contributed by atoms with Crippen molar-refractivity contribution in [2.75, 3.05) is 18.4 Å². The number of hydrogen-bond donors (Lipinski definition) is 1. The molecule has 1 rings (SSSR count). The van der Waals surface area contributed by atoms with Crippen LogP contribution in [-0.4, -0.2) is 34.8 Å². The molecule has 92 valence electrons. The zero-order chi connectivity index (χ0) is 12.8. The number of carbonyl (C=O) groups excluding carboxylic acids is 2. The molecule has 5 heteroatoms. The fourth-order valence-electron chi connectivity index (χ4n) is 1.37. The molecule has 1 heterocycles. The first-order chi connectivity index (χ1) is 8.08. The lowest BCUT2D eigenvalue weighted by Gasteiger charge is -2.17. The van der Waals surface area contributed by atoms with Crippen molar-refractivity contribution in [3.63, 3.8) is 0 Å². The van der Waals surface area contributed by atoms with Gasteiger partial charge < -0.3 is 10.2 Å². The first-order valence-corrected chi connectivity index (χ1v) is 5.61. The van der Waals surface area contributed by atoms with E-state index in [-0.39, 0.29) is 0 Å². The zero-order valence-electron chi connectivity index (χ0n) is 10.4. The normalized spacial score (nSPS) is 9.82. The van der Waals surface area contributed by atoms with Gasteiger partial charge in [0.25, 0.3) is 0 Å². The summed E-state index contributed by atoms with van der Waals surface area (Å²) >= 11 is 0. The Labute approximate surface area is 101 Å². The molecule has 0 fully saturated rings. The summed E-state index contributed by atoms with van der Waals surface area (Å²) in [6.07, 6.45) is 1.64. The van der Waals surface area contributed by atoms with Gasteiger partial charge in [0.1, 0.15) is 5.82 Å². The van der Waals surface area contributed by atoms with Crippen LogP contribution in [0.2, 0.25) is 0 Å². The molecule has 1 N–H and O–H groups in total. The first-order valence-electron chi connectivity index (χ1n) is 5.61. The van der Waals surface area contributed by atoms with Crippen LogP contribution < -0.4 is 5.32 Å². The molecule has 0 aromatic carbocycles. The van der Waals surface area contributed by atoms with E-state index < -0.39 is 11.8 Å². The van der Waals surface area contributed by atoms with Crippen LogP contribution in [0.3, 0.4) is 0 Å². The summed E-state index contributed by atoms with van der Waals surface area (Å²) in [6.45, 7) is 6.60. The predicted octanol–water partition coefficient (Wildman–Crippen LogP) is 1.20. The van der Waals surface area contributed by atoms with Gasteiger partial charge in [-0.2, -0.15) is 0 Å². The number of amides is 2. The van der Waals surface area contributed by atoms with E-state index in [0.717, 1.165) is 5.56 Å². The maximum Gasteiger partial charge on any atom is 0.315 e. The Morgan fingerprint density at radius 1 is 1.29 bits per heavy atom. The van der Waals surface area contributed by atoms with E-state index in [2.05, 4.69) is 10.3 Å². The number of nitrogens with zero attached hydrogens (tertiary/aromatic N) is 2. The number of likely N-dealkylation sites (N-methyl/N-ethyl adjacent to an activating group) is 1. The number of hydrogen-bond acceptors (Lipinski definition) is 3. The van der Waals surface area contributed by atoms with Gasteiger partial charge in [-0.05, 0) is 32.4 Å². The maximum atomic E-state index is 11.7. The van der Waals surface area contributed by atoms with Crippen LogP contribution in [0.15, 0.2) is 18.3 Å². The highest BCUT2D eigenvalue weighted by atomic mass is 16.2. The van der Waals surface area contributed by atoms with E-state index in [0.29, 0.717) is 18.9 Å². The quantitative estimate of drug-likeness (QED) is 0.801. The first kappa shape index (κ1) is 13.2. The highest BCUT2D eigenvalue weighted by molar-refractivity contribution is 6.39. The van der Waals surface area contributed by atoms with Crippen molar-refractivity contribution in [3.05, 3.63) is 23.9 Å². The van der Waals surface area contributed by atoms with Gasteiger partial charge >= 0.3 is 11.8 Å². The van der Waals surface area contributed by atoms with Gasteiger partial charge in [0, 0.05) is 19.3 Å². The third kappa shape index (κ3) is 3.55. The van der Waals surface area contributed by atoms with Crippen LogP contribution in [0, 0.1) is 6.92 Å². The monoisotopic (exact) mass is 235 g/mol. The lowest BCUT2D eigenvalue weighted by Crippen LogP contribution is -2.39. The van der Waals surface area contributed by atoms with E-state index in [4.69, 9.17) is 0 Å². The topological polar surface area (TPSA) is 62.3 Å². The minimum atomic E-state index is -0.648. The number of aryl methyl sites for hydroxylation is 1. The molecule has 17 heavy (non-hydrogen) atoms. The van der Waals surface area contributed by atoms with E-state index in [1.807, 2.05) is 26.8 Å². The standard InChI is InChI=1S/C12H17N3O2/c1-4-15(5-2)12(17)11(16)14-10-7-6-9(3)8-13-10/h6-8H,4-5H2,1-3H3,(H,13,14,16). The van der Waals surface area contributed by atoms with Gasteiger partial charge in [-0.15, -0.1) is 0 Å². The van der Waals surface area contributed by atoms with Crippen molar-refractivity contribution in [3.8, 4) is 0 Å². The molecule has 2 amide bonds. The summed E-state index contributed by atoms with van der Waals surface area (Å²) in [6, 6.07) is 3.49. The molecule has 0 radical (unpaired) electrons. The van der Waals surface area contributed by atoms with Crippen LogP contribution in [-0.2, 0) is 9.59 Å². The van der Waals surface area contributed by atoms with Crippen LogP contribution >= 0.6 is 0 Å². The minimum Gasteiger partial charge on any atom is -0.335 e. The molecule has 1 aromatic rings. The average Bonchev–Trinajstić information content (AvgIpc) is 2.33. The van der Waals surface area contributed by atoms with E-state index >= 15 is 0 Å². The fourth-order valence-corrected chi connectivity index (χ4v) is 1.37. The second kappa shape index (κ2) is 5.98. The molecule has 0 aliphatic rings. The van der Waals surface area contributed by atoms with Gasteiger partial charge in [-0.1, -0.05) is 6.07 Å². The van der Waals surface area contributed by atoms with Gasteiger partial charge in [0.15, 0.2) is 0 Å². The minimum absolute atomic E-state index is 0.390. The molecule has 0 saturated heterocycles. The van der Waals surface area contributed by atoms with Crippen molar-refractivity contribution in [2.24, 2.45) is 0 Å². The average molecular weight is 235 g/mol. The Bertz CT molecular complexity index is 397. The number of anilines is 1. The molecule has 0 aliphatic carbocycles. The van der Waals surface area contributed by atoms with Crippen molar-refractivity contribution in [1.29, 1.82) is 0 Å². The highest BCUT2D eigenvalue weighted by Crippen LogP contribution is 2.04. The molecule has 1 aromatic heterocycles. The van der Waals surface area contributed by atoms with Gasteiger partial charge in [-0.25, -0.2) is 4.98 Å². The summed E-state index contributed by atoms with van der Waals surface area (Å²) in [4.78, 5) is 28.7. The van der Waals surface area contributed by atoms with Gasteiger partial charge in [-0.3, -0.25) is 9.59 Å². The van der Waals surface area contributed by atoms with Crippen molar-refractivity contribution < 1.29 is 9.59 Å². The molecule has 0 aliphatic heterocycles. The smallest absolute Gasteiger partial charge is 0.315 e. The molecule has 0 bridgehead atoms. The Balaban J connectivity index is 2.66. The molecule has 0 atom stereocenters. The third-order valence-electron chi connectivity index (χ3n) is 2.40. The third-order valence-corrected chi connectivity index (χ3v) is 2.40. The van der Waals surface area contributed by atoms with Crippen LogP contribution in [0.1, 0.15) is 19.4 Å². The summed E-state index contributed by atoms with van der Waals surface area (Å²) in [5.41, 5.74) is 0.998. The van der Waals surface area contributed by atoms with E-state index in [1.54, 1.807) is 12.3 Å². The van der Waals surface area contributed by atoms with Gasteiger partial charge in [0.05, 0.1) is 0 Å². The highest BCUT2D eigenvalue weighted by Gasteiger charge is 2.19.